The van der Waals surface area contributed by atoms with Crippen molar-refractivity contribution in [1.82, 2.24) is 0 Å². The highest BCUT2D eigenvalue weighted by Gasteiger charge is 2.35. The summed E-state index contributed by atoms with van der Waals surface area (Å²) in [5.41, 5.74) is 3.28. The molecule has 7 heteroatoms. The Morgan fingerprint density at radius 1 is 1.13 bits per heavy atom. The lowest BCUT2D eigenvalue weighted by Crippen LogP contribution is -2.42. The Bertz CT molecular complexity index is 1120. The van der Waals surface area contributed by atoms with Crippen molar-refractivity contribution in [2.24, 2.45) is 4.99 Å². The van der Waals surface area contributed by atoms with Gasteiger partial charge in [-0.15, -0.1) is 0 Å². The molecule has 0 fully saturated rings. The zero-order valence-corrected chi connectivity index (χ0v) is 17.4. The van der Waals surface area contributed by atoms with Gasteiger partial charge < -0.3 is 19.7 Å². The summed E-state index contributed by atoms with van der Waals surface area (Å²) < 4.78 is 12.8. The molecule has 0 bridgehead atoms. The largest absolute Gasteiger partial charge is 0.486 e. The molecular weight excluding hydrogens is 396 g/mol. The molecule has 0 unspecified atom stereocenters. The SMILES string of the molecule is C[C@](O)([Si])C1=NC=C[N+]1=C(C#Cc1ccc(-c2ccc3c(c2)OCCO3)cc1)CO. The number of nitrogens with zero attached hydrogens (tertiary/aromatic N) is 2. The van der Waals surface area contributed by atoms with Crippen molar-refractivity contribution in [3.05, 3.63) is 60.4 Å². The fraction of sp³-hybridized carbons (Fsp3) is 0.217. The number of amidine groups is 1. The van der Waals surface area contributed by atoms with Crippen molar-refractivity contribution in [2.45, 2.75) is 12.1 Å². The smallest absolute Gasteiger partial charge is 0.331 e. The van der Waals surface area contributed by atoms with Crippen molar-refractivity contribution < 1.29 is 24.3 Å². The highest BCUT2D eigenvalue weighted by Crippen LogP contribution is 2.34. The molecule has 2 aliphatic rings. The summed E-state index contributed by atoms with van der Waals surface area (Å²) >= 11 is 0. The summed E-state index contributed by atoms with van der Waals surface area (Å²) in [5, 5.41) is 18.6. The van der Waals surface area contributed by atoms with Crippen molar-refractivity contribution >= 4 is 21.8 Å². The normalized spacial score (nSPS) is 18.2. The minimum absolute atomic E-state index is 0.284. The predicted octanol–water partition coefficient (Wildman–Crippen LogP) is 1.68. The summed E-state index contributed by atoms with van der Waals surface area (Å²) in [5.74, 6) is 7.88. The average molecular weight is 417 g/mol. The van der Waals surface area contributed by atoms with Crippen LogP contribution >= 0.6 is 0 Å². The second kappa shape index (κ2) is 8.28. The molecule has 0 aliphatic carbocycles. The number of aliphatic hydroxyl groups excluding tert-OH is 1. The van der Waals surface area contributed by atoms with Crippen molar-refractivity contribution in [2.75, 3.05) is 19.8 Å². The first-order chi connectivity index (χ1) is 14.5. The first kappa shape index (κ1) is 20.1. The van der Waals surface area contributed by atoms with E-state index in [1.165, 1.54) is 0 Å². The third-order valence-corrected chi connectivity index (χ3v) is 4.85. The standard InChI is InChI=1S/C23H20N2O4Si/c1-23(27,30)22-24-10-11-25(22)19(15-26)8-4-16-2-5-17(6-3-16)18-7-9-20-21(14-18)29-13-12-28-20/h2-3,5-7,9-11,14,26-27H,12-13,15H2,1H3/q+1/t23-/m0/s1. The molecule has 2 N–H and O–H groups in total. The number of rotatable bonds is 3. The minimum Gasteiger partial charge on any atom is -0.486 e. The van der Waals surface area contributed by atoms with Gasteiger partial charge in [0.25, 0.3) is 0 Å². The highest BCUT2D eigenvalue weighted by atomic mass is 28.1. The molecule has 30 heavy (non-hydrogen) atoms. The second-order valence-corrected chi connectivity index (χ2v) is 7.96. The van der Waals surface area contributed by atoms with Gasteiger partial charge in [-0.05, 0) is 53.2 Å². The second-order valence-electron chi connectivity index (χ2n) is 6.98. The van der Waals surface area contributed by atoms with E-state index in [2.05, 4.69) is 27.1 Å². The van der Waals surface area contributed by atoms with Gasteiger partial charge in [-0.25, -0.2) is 0 Å². The molecule has 6 nitrogen and oxygen atoms in total. The molecule has 2 aromatic rings. The van der Waals surface area contributed by atoms with Gasteiger partial charge in [-0.1, -0.05) is 24.1 Å². The van der Waals surface area contributed by atoms with Gasteiger partial charge >= 0.3 is 5.84 Å². The number of hydrogen-bond acceptors (Lipinski definition) is 5. The van der Waals surface area contributed by atoms with E-state index in [9.17, 15) is 10.2 Å². The highest BCUT2D eigenvalue weighted by molar-refractivity contribution is 6.27. The number of benzene rings is 2. The zero-order chi connectivity index (χ0) is 21.1. The lowest BCUT2D eigenvalue weighted by Gasteiger charge is -2.18. The minimum atomic E-state index is -1.34. The van der Waals surface area contributed by atoms with E-state index in [-0.39, 0.29) is 6.61 Å². The Morgan fingerprint density at radius 3 is 2.53 bits per heavy atom. The van der Waals surface area contributed by atoms with Crippen LogP contribution in [0, 0.1) is 11.8 Å². The molecular formula is C23H20N2O4Si+. The summed E-state index contributed by atoms with van der Waals surface area (Å²) in [6.45, 7) is 2.40. The van der Waals surface area contributed by atoms with Crippen LogP contribution in [0.4, 0.5) is 0 Å². The molecule has 0 spiro atoms. The van der Waals surface area contributed by atoms with E-state index in [4.69, 9.17) is 9.47 Å². The van der Waals surface area contributed by atoms with Crippen molar-refractivity contribution in [3.63, 3.8) is 0 Å². The maximum Gasteiger partial charge on any atom is 0.331 e. The van der Waals surface area contributed by atoms with Crippen LogP contribution in [0.2, 0.25) is 0 Å². The van der Waals surface area contributed by atoms with E-state index < -0.39 is 5.22 Å². The molecule has 0 aromatic heterocycles. The summed E-state index contributed by atoms with van der Waals surface area (Å²) in [7, 11) is 3.23. The fourth-order valence-electron chi connectivity index (χ4n) is 3.17. The molecule has 149 valence electrons. The lowest BCUT2D eigenvalue weighted by molar-refractivity contribution is -0.331. The van der Waals surface area contributed by atoms with Crippen LogP contribution < -0.4 is 9.47 Å². The Balaban J connectivity index is 1.57. The topological polar surface area (TPSA) is 74.3 Å². The lowest BCUT2D eigenvalue weighted by atomic mass is 10.0. The van der Waals surface area contributed by atoms with Gasteiger partial charge in [-0.2, -0.15) is 4.58 Å². The van der Waals surface area contributed by atoms with Crippen LogP contribution in [-0.2, 0) is 0 Å². The number of ether oxygens (including phenoxy) is 2. The van der Waals surface area contributed by atoms with E-state index in [0.29, 0.717) is 24.8 Å². The van der Waals surface area contributed by atoms with Crippen LogP contribution in [0.15, 0.2) is 59.9 Å². The Kier molecular flexibility index (Phi) is 5.55. The Labute approximate surface area is 178 Å². The molecule has 4 rings (SSSR count). The summed E-state index contributed by atoms with van der Waals surface area (Å²) in [4.78, 5) is 4.13. The first-order valence-corrected chi connectivity index (χ1v) is 9.96. The molecule has 3 radical (unpaired) electrons. The molecule has 0 saturated heterocycles. The molecule has 1 atom stereocenters. The van der Waals surface area contributed by atoms with Crippen molar-refractivity contribution in [3.8, 4) is 34.5 Å². The van der Waals surface area contributed by atoms with Gasteiger partial charge in [0.2, 0.25) is 0 Å². The monoisotopic (exact) mass is 416 g/mol. The van der Waals surface area contributed by atoms with Crippen LogP contribution in [0.3, 0.4) is 0 Å². The van der Waals surface area contributed by atoms with Gasteiger partial charge in [-0.3, -0.25) is 0 Å². The van der Waals surface area contributed by atoms with Crippen molar-refractivity contribution in [1.29, 1.82) is 0 Å². The average Bonchev–Trinajstić information content (AvgIpc) is 3.25. The molecule has 2 heterocycles. The molecule has 2 aromatic carbocycles. The quantitative estimate of drug-likeness (QED) is 0.454. The number of hydrogen-bond donors (Lipinski definition) is 2. The van der Waals surface area contributed by atoms with Crippen LogP contribution in [0.25, 0.3) is 11.1 Å². The van der Waals surface area contributed by atoms with E-state index in [1.807, 2.05) is 42.5 Å². The third kappa shape index (κ3) is 4.21. The summed E-state index contributed by atoms with van der Waals surface area (Å²) in [6, 6.07) is 13.7. The van der Waals surface area contributed by atoms with Gasteiger partial charge in [0, 0.05) is 5.56 Å². The number of aliphatic hydroxyl groups is 2. The van der Waals surface area contributed by atoms with Crippen LogP contribution in [-0.4, -0.2) is 61.6 Å². The fourth-order valence-corrected chi connectivity index (χ4v) is 3.36. The first-order valence-electron chi connectivity index (χ1n) is 9.46. The predicted molar refractivity (Wildman–Crippen MR) is 115 cm³/mol. The van der Waals surface area contributed by atoms with Gasteiger partial charge in [0.15, 0.2) is 23.4 Å². The van der Waals surface area contributed by atoms with E-state index in [1.54, 1.807) is 23.9 Å². The molecule has 2 aliphatic heterocycles. The molecule has 0 amide bonds. The van der Waals surface area contributed by atoms with E-state index >= 15 is 0 Å². The van der Waals surface area contributed by atoms with Gasteiger partial charge in [0.1, 0.15) is 31.2 Å². The number of fused-ring (bicyclic) bond motifs is 1. The Morgan fingerprint density at radius 2 is 1.83 bits per heavy atom. The number of aliphatic imine (C=N–C) groups is 1. The Hall–Kier alpha value is -3.18. The molecule has 0 saturated carbocycles. The van der Waals surface area contributed by atoms with Gasteiger partial charge in [0.05, 0.1) is 10.2 Å². The van der Waals surface area contributed by atoms with Crippen LogP contribution in [0.1, 0.15) is 12.5 Å². The maximum atomic E-state index is 10.2. The van der Waals surface area contributed by atoms with E-state index in [0.717, 1.165) is 28.2 Å². The summed E-state index contributed by atoms with van der Waals surface area (Å²) in [6.07, 6.45) is 3.19. The van der Waals surface area contributed by atoms with Crippen LogP contribution in [0.5, 0.6) is 11.5 Å². The third-order valence-electron chi connectivity index (χ3n) is 4.63. The maximum absolute atomic E-state index is 10.2. The zero-order valence-electron chi connectivity index (χ0n) is 16.4.